The molecule has 0 saturated heterocycles. The van der Waals surface area contributed by atoms with Gasteiger partial charge in [-0.05, 0) is 19.9 Å². The highest BCUT2D eigenvalue weighted by Gasteiger charge is 2.25. The molecule has 2 aromatic rings. The van der Waals surface area contributed by atoms with Crippen LogP contribution < -0.4 is 4.90 Å². The SMILES string of the molecule is CN(c1nccn2nccc12)C(C)(C)CO. The fourth-order valence-electron chi connectivity index (χ4n) is 1.49. The Labute approximate surface area is 94.3 Å². The first kappa shape index (κ1) is 10.9. The number of fused-ring (bicyclic) bond motifs is 1. The molecule has 0 spiro atoms. The molecule has 1 N–H and O–H groups in total. The van der Waals surface area contributed by atoms with Crippen LogP contribution in [0.2, 0.25) is 0 Å². The molecule has 0 amide bonds. The van der Waals surface area contributed by atoms with E-state index in [1.54, 1.807) is 23.1 Å². The van der Waals surface area contributed by atoms with E-state index in [0.29, 0.717) is 0 Å². The van der Waals surface area contributed by atoms with Crippen LogP contribution in [0.4, 0.5) is 5.82 Å². The van der Waals surface area contributed by atoms with Crippen LogP contribution in [-0.2, 0) is 0 Å². The summed E-state index contributed by atoms with van der Waals surface area (Å²) >= 11 is 0. The lowest BCUT2D eigenvalue weighted by Gasteiger charge is -2.35. The molecule has 86 valence electrons. The van der Waals surface area contributed by atoms with Gasteiger partial charge in [-0.2, -0.15) is 5.10 Å². The van der Waals surface area contributed by atoms with Crippen LogP contribution in [0.5, 0.6) is 0 Å². The van der Waals surface area contributed by atoms with Gasteiger partial charge in [0.15, 0.2) is 5.82 Å². The molecule has 0 fully saturated rings. The van der Waals surface area contributed by atoms with Crippen molar-refractivity contribution in [2.24, 2.45) is 0 Å². The first-order valence-corrected chi connectivity index (χ1v) is 5.19. The van der Waals surface area contributed by atoms with Crippen molar-refractivity contribution in [1.82, 2.24) is 14.6 Å². The summed E-state index contributed by atoms with van der Waals surface area (Å²) in [7, 11) is 1.92. The molecule has 0 bridgehead atoms. The molecule has 16 heavy (non-hydrogen) atoms. The molecule has 0 radical (unpaired) electrons. The van der Waals surface area contributed by atoms with Crippen LogP contribution in [-0.4, -0.2) is 38.9 Å². The molecule has 0 aromatic carbocycles. The predicted octanol–water partition coefficient (Wildman–Crippen LogP) is 0.936. The van der Waals surface area contributed by atoms with Crippen molar-refractivity contribution < 1.29 is 5.11 Å². The van der Waals surface area contributed by atoms with Gasteiger partial charge in [-0.25, -0.2) is 9.50 Å². The lowest BCUT2D eigenvalue weighted by atomic mass is 10.1. The van der Waals surface area contributed by atoms with Crippen LogP contribution in [0.3, 0.4) is 0 Å². The Hall–Kier alpha value is -1.62. The molecule has 5 heteroatoms. The summed E-state index contributed by atoms with van der Waals surface area (Å²) in [5.41, 5.74) is 0.588. The Kier molecular flexibility index (Phi) is 2.55. The molecular formula is C11H16N4O. The van der Waals surface area contributed by atoms with E-state index in [0.717, 1.165) is 11.3 Å². The third-order valence-corrected chi connectivity index (χ3v) is 2.92. The smallest absolute Gasteiger partial charge is 0.154 e. The molecule has 0 atom stereocenters. The Morgan fingerprint density at radius 2 is 2.19 bits per heavy atom. The first-order chi connectivity index (χ1) is 7.56. The van der Waals surface area contributed by atoms with Crippen molar-refractivity contribution >= 4 is 11.3 Å². The van der Waals surface area contributed by atoms with E-state index >= 15 is 0 Å². The van der Waals surface area contributed by atoms with Crippen LogP contribution >= 0.6 is 0 Å². The second kappa shape index (κ2) is 3.75. The molecule has 0 unspecified atom stereocenters. The van der Waals surface area contributed by atoms with Crippen LogP contribution in [0.25, 0.3) is 5.52 Å². The molecule has 2 aromatic heterocycles. The maximum atomic E-state index is 9.36. The lowest BCUT2D eigenvalue weighted by molar-refractivity contribution is 0.216. The van der Waals surface area contributed by atoms with E-state index < -0.39 is 0 Å². The van der Waals surface area contributed by atoms with E-state index in [4.69, 9.17) is 0 Å². The van der Waals surface area contributed by atoms with Crippen LogP contribution in [0.1, 0.15) is 13.8 Å². The van der Waals surface area contributed by atoms with E-state index in [2.05, 4.69) is 10.1 Å². The van der Waals surface area contributed by atoms with E-state index in [-0.39, 0.29) is 12.1 Å². The first-order valence-electron chi connectivity index (χ1n) is 5.19. The van der Waals surface area contributed by atoms with Gasteiger partial charge in [0.1, 0.15) is 5.52 Å². The Bertz CT molecular complexity index is 491. The number of aliphatic hydroxyl groups excluding tert-OH is 1. The monoisotopic (exact) mass is 220 g/mol. The van der Waals surface area contributed by atoms with Gasteiger partial charge in [0.25, 0.3) is 0 Å². The number of hydrogen-bond acceptors (Lipinski definition) is 4. The van der Waals surface area contributed by atoms with E-state index in [1.807, 2.05) is 31.9 Å². The molecule has 0 aliphatic rings. The molecular weight excluding hydrogens is 204 g/mol. The fourth-order valence-corrected chi connectivity index (χ4v) is 1.49. The van der Waals surface area contributed by atoms with Crippen LogP contribution in [0.15, 0.2) is 24.7 Å². The zero-order valence-corrected chi connectivity index (χ0v) is 9.75. The minimum Gasteiger partial charge on any atom is -0.394 e. The normalized spacial score (nSPS) is 12.0. The third kappa shape index (κ3) is 1.63. The maximum absolute atomic E-state index is 9.36. The van der Waals surface area contributed by atoms with Crippen molar-refractivity contribution in [3.63, 3.8) is 0 Å². The van der Waals surface area contributed by atoms with Gasteiger partial charge in [0, 0.05) is 19.4 Å². The van der Waals surface area contributed by atoms with E-state index in [9.17, 15) is 5.11 Å². The van der Waals surface area contributed by atoms with Crippen molar-refractivity contribution in [1.29, 1.82) is 0 Å². The number of nitrogens with zero attached hydrogens (tertiary/aromatic N) is 4. The number of rotatable bonds is 3. The van der Waals surface area contributed by atoms with Gasteiger partial charge >= 0.3 is 0 Å². The number of likely N-dealkylation sites (N-methyl/N-ethyl adjacent to an activating group) is 1. The second-order valence-corrected chi connectivity index (χ2v) is 4.44. The summed E-state index contributed by atoms with van der Waals surface area (Å²) in [6, 6.07) is 1.91. The predicted molar refractivity (Wildman–Crippen MR) is 62.6 cm³/mol. The molecule has 5 nitrogen and oxygen atoms in total. The second-order valence-electron chi connectivity index (χ2n) is 4.44. The quantitative estimate of drug-likeness (QED) is 0.836. The van der Waals surface area contributed by atoms with Gasteiger partial charge in [-0.1, -0.05) is 0 Å². The summed E-state index contributed by atoms with van der Waals surface area (Å²) < 4.78 is 1.77. The summed E-state index contributed by atoms with van der Waals surface area (Å²) in [6.45, 7) is 4.00. The van der Waals surface area contributed by atoms with Gasteiger partial charge in [-0.15, -0.1) is 0 Å². The topological polar surface area (TPSA) is 53.7 Å². The summed E-state index contributed by atoms with van der Waals surface area (Å²) in [4.78, 5) is 6.31. The number of aromatic nitrogens is 3. The highest BCUT2D eigenvalue weighted by molar-refractivity contribution is 5.68. The molecule has 0 aliphatic carbocycles. The van der Waals surface area contributed by atoms with Gasteiger partial charge in [0.2, 0.25) is 0 Å². The van der Waals surface area contributed by atoms with Crippen molar-refractivity contribution in [3.05, 3.63) is 24.7 Å². The zero-order valence-electron chi connectivity index (χ0n) is 9.75. The van der Waals surface area contributed by atoms with Crippen LogP contribution in [0, 0.1) is 0 Å². The fraction of sp³-hybridized carbons (Fsp3) is 0.455. The molecule has 2 heterocycles. The summed E-state index contributed by atoms with van der Waals surface area (Å²) in [5, 5.41) is 13.5. The minimum atomic E-state index is -0.348. The van der Waals surface area contributed by atoms with Gasteiger partial charge < -0.3 is 10.0 Å². The average Bonchev–Trinajstić information content (AvgIpc) is 2.75. The largest absolute Gasteiger partial charge is 0.394 e. The Balaban J connectivity index is 2.51. The Morgan fingerprint density at radius 3 is 2.88 bits per heavy atom. The summed E-state index contributed by atoms with van der Waals surface area (Å²) in [5.74, 6) is 0.819. The van der Waals surface area contributed by atoms with E-state index in [1.165, 1.54) is 0 Å². The molecule has 0 saturated carbocycles. The highest BCUT2D eigenvalue weighted by Crippen LogP contribution is 2.23. The van der Waals surface area contributed by atoms with Crippen molar-refractivity contribution in [2.45, 2.75) is 19.4 Å². The highest BCUT2D eigenvalue weighted by atomic mass is 16.3. The molecule has 2 rings (SSSR count). The lowest BCUT2D eigenvalue weighted by Crippen LogP contribution is -2.45. The van der Waals surface area contributed by atoms with Crippen molar-refractivity contribution in [3.8, 4) is 0 Å². The molecule has 0 aliphatic heterocycles. The Morgan fingerprint density at radius 1 is 1.44 bits per heavy atom. The van der Waals surface area contributed by atoms with Gasteiger partial charge in [0.05, 0.1) is 18.3 Å². The number of aliphatic hydroxyl groups is 1. The number of anilines is 1. The summed E-state index contributed by atoms with van der Waals surface area (Å²) in [6.07, 6.45) is 5.25. The minimum absolute atomic E-state index is 0.0698. The maximum Gasteiger partial charge on any atom is 0.154 e. The van der Waals surface area contributed by atoms with Crippen molar-refractivity contribution in [2.75, 3.05) is 18.6 Å². The average molecular weight is 220 g/mol. The zero-order chi connectivity index (χ0) is 11.8. The third-order valence-electron chi connectivity index (χ3n) is 2.92. The number of hydrogen-bond donors (Lipinski definition) is 1. The van der Waals surface area contributed by atoms with Gasteiger partial charge in [-0.3, -0.25) is 0 Å². The standard InChI is InChI=1S/C11H16N4O/c1-11(2,8-16)14(3)10-9-4-5-13-15(9)7-6-12-10/h4-7,16H,8H2,1-3H3.